The average molecular weight is 298 g/mol. The van der Waals surface area contributed by atoms with Crippen LogP contribution in [0.4, 0.5) is 0 Å². The van der Waals surface area contributed by atoms with Crippen LogP contribution in [0.5, 0.6) is 0 Å². The lowest BCUT2D eigenvalue weighted by molar-refractivity contribution is 0.583. The van der Waals surface area contributed by atoms with Crippen LogP contribution in [0, 0.1) is 13.8 Å². The lowest BCUT2D eigenvalue weighted by atomic mass is 10.2. The van der Waals surface area contributed by atoms with E-state index in [1.54, 1.807) is 19.3 Å². The Kier molecular flexibility index (Phi) is 4.23. The second-order valence-electron chi connectivity index (χ2n) is 3.93. The summed E-state index contributed by atoms with van der Waals surface area (Å²) in [5.74, 6) is 0. The minimum Gasteiger partial charge on any atom is -0.258 e. The van der Waals surface area contributed by atoms with E-state index >= 15 is 0 Å². The molecule has 2 rings (SSSR count). The van der Waals surface area contributed by atoms with E-state index in [-0.39, 0.29) is 4.21 Å². The van der Waals surface area contributed by atoms with Gasteiger partial charge in [-0.1, -0.05) is 0 Å². The molecule has 0 unspecified atom stereocenters. The van der Waals surface area contributed by atoms with Crippen molar-refractivity contribution >= 4 is 21.4 Å². The zero-order chi connectivity index (χ0) is 13.9. The molecule has 0 aliphatic carbocycles. The molecule has 0 atom stereocenters. The molecule has 0 fully saturated rings. The third kappa shape index (κ3) is 3.55. The molecule has 1 N–H and O–H groups in total. The standard InChI is InChI=1S/C11H14N4O2S2/c1-8-10(13-6-5-12-8)3-4-15-19(16,17)11-7-14-9(2)18-11/h5-7,15H,3-4H2,1-2H3. The number of sulfonamides is 1. The van der Waals surface area contributed by atoms with E-state index in [1.165, 1.54) is 6.20 Å². The van der Waals surface area contributed by atoms with E-state index in [0.717, 1.165) is 27.7 Å². The molecule has 102 valence electrons. The highest BCUT2D eigenvalue weighted by Gasteiger charge is 2.16. The summed E-state index contributed by atoms with van der Waals surface area (Å²) in [6.07, 6.45) is 5.10. The Morgan fingerprint density at radius 3 is 2.58 bits per heavy atom. The molecule has 6 nitrogen and oxygen atoms in total. The van der Waals surface area contributed by atoms with E-state index in [4.69, 9.17) is 0 Å². The Labute approximate surface area is 116 Å². The predicted molar refractivity (Wildman–Crippen MR) is 72.5 cm³/mol. The Morgan fingerprint density at radius 1 is 1.21 bits per heavy atom. The van der Waals surface area contributed by atoms with Gasteiger partial charge in [0.15, 0.2) is 4.21 Å². The molecule has 19 heavy (non-hydrogen) atoms. The SMILES string of the molecule is Cc1ncc(S(=O)(=O)NCCc2nccnc2C)s1. The first-order valence-electron chi connectivity index (χ1n) is 5.67. The summed E-state index contributed by atoms with van der Waals surface area (Å²) in [7, 11) is -3.46. The Hall–Kier alpha value is -1.38. The second kappa shape index (κ2) is 5.72. The van der Waals surface area contributed by atoms with Crippen molar-refractivity contribution in [3.63, 3.8) is 0 Å². The molecule has 0 bridgehead atoms. The van der Waals surface area contributed by atoms with Gasteiger partial charge in [0.2, 0.25) is 0 Å². The fourth-order valence-electron chi connectivity index (χ4n) is 1.52. The van der Waals surface area contributed by atoms with E-state index < -0.39 is 10.0 Å². The van der Waals surface area contributed by atoms with Crippen LogP contribution in [-0.4, -0.2) is 29.9 Å². The number of hydrogen-bond acceptors (Lipinski definition) is 6. The molecule has 0 spiro atoms. The lowest BCUT2D eigenvalue weighted by Gasteiger charge is -2.05. The van der Waals surface area contributed by atoms with Crippen molar-refractivity contribution in [2.24, 2.45) is 0 Å². The average Bonchev–Trinajstić information content (AvgIpc) is 2.79. The minimum absolute atomic E-state index is 0.237. The van der Waals surface area contributed by atoms with Gasteiger partial charge in [-0.3, -0.25) is 9.97 Å². The van der Waals surface area contributed by atoms with Crippen molar-refractivity contribution < 1.29 is 8.42 Å². The first-order valence-corrected chi connectivity index (χ1v) is 7.97. The normalized spacial score (nSPS) is 11.7. The number of nitrogens with one attached hydrogen (secondary N) is 1. The van der Waals surface area contributed by atoms with Gasteiger partial charge in [-0.15, -0.1) is 11.3 Å². The van der Waals surface area contributed by atoms with Crippen molar-refractivity contribution in [2.45, 2.75) is 24.5 Å². The summed E-state index contributed by atoms with van der Waals surface area (Å²) in [4.78, 5) is 12.2. The Balaban J connectivity index is 1.98. The van der Waals surface area contributed by atoms with Gasteiger partial charge in [-0.2, -0.15) is 0 Å². The monoisotopic (exact) mass is 298 g/mol. The van der Waals surface area contributed by atoms with E-state index in [2.05, 4.69) is 19.7 Å². The molecular formula is C11H14N4O2S2. The molecule has 2 heterocycles. The largest absolute Gasteiger partial charge is 0.258 e. The first-order chi connectivity index (χ1) is 8.99. The number of thiazole rings is 1. The van der Waals surface area contributed by atoms with Crippen molar-refractivity contribution in [2.75, 3.05) is 6.54 Å². The fraction of sp³-hybridized carbons (Fsp3) is 0.364. The second-order valence-corrected chi connectivity index (χ2v) is 7.16. The van der Waals surface area contributed by atoms with Crippen LogP contribution in [-0.2, 0) is 16.4 Å². The third-order valence-corrected chi connectivity index (χ3v) is 5.34. The summed E-state index contributed by atoms with van der Waals surface area (Å²) >= 11 is 1.15. The molecule has 0 aliphatic heterocycles. The number of aromatic nitrogens is 3. The van der Waals surface area contributed by atoms with Crippen LogP contribution in [0.15, 0.2) is 22.8 Å². The lowest BCUT2D eigenvalue weighted by Crippen LogP contribution is -2.25. The molecule has 8 heteroatoms. The smallest absolute Gasteiger partial charge is 0.251 e. The summed E-state index contributed by atoms with van der Waals surface area (Å²) in [6.45, 7) is 3.91. The minimum atomic E-state index is -3.46. The van der Waals surface area contributed by atoms with Gasteiger partial charge in [0.1, 0.15) is 0 Å². The number of nitrogens with zero attached hydrogens (tertiary/aromatic N) is 3. The molecule has 2 aromatic heterocycles. The molecule has 0 saturated carbocycles. The topological polar surface area (TPSA) is 84.8 Å². The highest BCUT2D eigenvalue weighted by Crippen LogP contribution is 2.17. The van der Waals surface area contributed by atoms with Crippen LogP contribution >= 0.6 is 11.3 Å². The van der Waals surface area contributed by atoms with Gasteiger partial charge < -0.3 is 0 Å². The summed E-state index contributed by atoms with van der Waals surface area (Å²) in [5.41, 5.74) is 1.61. The van der Waals surface area contributed by atoms with E-state index in [1.807, 2.05) is 6.92 Å². The summed E-state index contributed by atoms with van der Waals surface area (Å²) < 4.78 is 26.7. The first kappa shape index (κ1) is 14.0. The molecule has 2 aromatic rings. The van der Waals surface area contributed by atoms with Gasteiger partial charge in [0, 0.05) is 25.4 Å². The van der Waals surface area contributed by atoms with Crippen LogP contribution in [0.25, 0.3) is 0 Å². The molecule has 0 aliphatic rings. The van der Waals surface area contributed by atoms with Gasteiger partial charge in [0.05, 0.1) is 22.6 Å². The maximum Gasteiger partial charge on any atom is 0.251 e. The molecule has 0 saturated heterocycles. The molecule has 0 radical (unpaired) electrons. The third-order valence-electron chi connectivity index (χ3n) is 2.50. The quantitative estimate of drug-likeness (QED) is 0.892. The van der Waals surface area contributed by atoms with Gasteiger partial charge in [-0.25, -0.2) is 18.1 Å². The maximum absolute atomic E-state index is 11.9. The molecule has 0 amide bonds. The molecule has 0 aromatic carbocycles. The molecular weight excluding hydrogens is 284 g/mol. The van der Waals surface area contributed by atoms with Crippen LogP contribution in [0.1, 0.15) is 16.4 Å². The van der Waals surface area contributed by atoms with Gasteiger partial charge in [0.25, 0.3) is 10.0 Å². The summed E-state index contributed by atoms with van der Waals surface area (Å²) in [6, 6.07) is 0. The number of hydrogen-bond donors (Lipinski definition) is 1. The zero-order valence-corrected chi connectivity index (χ0v) is 12.3. The number of rotatable bonds is 5. The Bertz CT molecular complexity index is 667. The van der Waals surface area contributed by atoms with Gasteiger partial charge in [-0.05, 0) is 13.8 Å². The fourth-order valence-corrected chi connectivity index (χ4v) is 3.71. The zero-order valence-electron chi connectivity index (χ0n) is 10.6. The highest BCUT2D eigenvalue weighted by atomic mass is 32.2. The van der Waals surface area contributed by atoms with Crippen LogP contribution in [0.3, 0.4) is 0 Å². The summed E-state index contributed by atoms with van der Waals surface area (Å²) in [5, 5.41) is 0.727. The van der Waals surface area contributed by atoms with Crippen molar-refractivity contribution in [3.05, 3.63) is 35.0 Å². The Morgan fingerprint density at radius 2 is 1.95 bits per heavy atom. The van der Waals surface area contributed by atoms with Crippen molar-refractivity contribution in [1.29, 1.82) is 0 Å². The van der Waals surface area contributed by atoms with Crippen molar-refractivity contribution in [1.82, 2.24) is 19.7 Å². The van der Waals surface area contributed by atoms with Crippen LogP contribution in [0.2, 0.25) is 0 Å². The predicted octanol–water partition coefficient (Wildman–Crippen LogP) is 1.07. The highest BCUT2D eigenvalue weighted by molar-refractivity contribution is 7.91. The van der Waals surface area contributed by atoms with Gasteiger partial charge >= 0.3 is 0 Å². The van der Waals surface area contributed by atoms with E-state index in [9.17, 15) is 8.42 Å². The van der Waals surface area contributed by atoms with Crippen LogP contribution < -0.4 is 4.72 Å². The van der Waals surface area contributed by atoms with E-state index in [0.29, 0.717) is 13.0 Å². The van der Waals surface area contributed by atoms with Crippen molar-refractivity contribution in [3.8, 4) is 0 Å². The number of aryl methyl sites for hydroxylation is 2. The maximum atomic E-state index is 11.9.